The molecule has 0 aliphatic carbocycles. The number of nitrogens with one attached hydrogen (secondary N) is 1. The summed E-state index contributed by atoms with van der Waals surface area (Å²) >= 11 is 1.34. The summed E-state index contributed by atoms with van der Waals surface area (Å²) < 4.78 is 37.1. The summed E-state index contributed by atoms with van der Waals surface area (Å²) in [5.41, 5.74) is 1.88. The Morgan fingerprint density at radius 3 is 2.31 bits per heavy atom. The summed E-state index contributed by atoms with van der Waals surface area (Å²) in [6.45, 7) is 1.37. The Balaban J connectivity index is 1.63. The topological polar surface area (TPSA) is 99.7 Å². The molecule has 3 rings (SSSR count). The lowest BCUT2D eigenvalue weighted by molar-refractivity contribution is 0.0532. The Hall–Kier alpha value is -2.53. The molecule has 0 saturated carbocycles. The van der Waals surface area contributed by atoms with Gasteiger partial charge in [0.1, 0.15) is 11.5 Å². The molecule has 1 aliphatic heterocycles. The van der Waals surface area contributed by atoms with Gasteiger partial charge in [-0.3, -0.25) is 14.3 Å². The van der Waals surface area contributed by atoms with Gasteiger partial charge in [0.2, 0.25) is 10.9 Å². The lowest BCUT2D eigenvalue weighted by Crippen LogP contribution is -2.50. The number of nitrogens with zero attached hydrogens (tertiary/aromatic N) is 3. The van der Waals surface area contributed by atoms with Crippen LogP contribution < -0.4 is 4.72 Å². The van der Waals surface area contributed by atoms with Crippen molar-refractivity contribution in [3.05, 3.63) is 46.2 Å². The molecule has 1 aromatic carbocycles. The molecule has 1 aliphatic rings. The van der Waals surface area contributed by atoms with Crippen molar-refractivity contribution >= 4 is 39.7 Å². The van der Waals surface area contributed by atoms with Crippen LogP contribution in [-0.4, -0.2) is 61.2 Å². The van der Waals surface area contributed by atoms with Crippen molar-refractivity contribution in [2.75, 3.05) is 30.9 Å². The number of thiol groups is 1. The van der Waals surface area contributed by atoms with E-state index in [-0.39, 0.29) is 23.1 Å². The summed E-state index contributed by atoms with van der Waals surface area (Å²) in [6, 6.07) is 3.56. The molecule has 0 spiro atoms. The third kappa shape index (κ3) is 3.99. The molecule has 1 saturated heterocycles. The van der Waals surface area contributed by atoms with Gasteiger partial charge in [-0.15, -0.1) is 11.3 Å². The largest absolute Gasteiger partial charge is 0.335 e. The van der Waals surface area contributed by atoms with Crippen molar-refractivity contribution in [2.24, 2.45) is 0 Å². The van der Waals surface area contributed by atoms with E-state index in [1.165, 1.54) is 28.4 Å². The number of anilines is 1. The Labute approximate surface area is 154 Å². The van der Waals surface area contributed by atoms with Crippen molar-refractivity contribution < 1.29 is 22.4 Å². The highest BCUT2D eigenvalue weighted by molar-refractivity contribution is 7.73. The first-order chi connectivity index (χ1) is 12.5. The predicted octanol–water partition coefficient (Wildman–Crippen LogP) is 0.819. The fraction of sp³-hybridized carbons (Fsp3) is 0.267. The van der Waals surface area contributed by atoms with Crippen molar-refractivity contribution in [3.8, 4) is 0 Å². The lowest BCUT2D eigenvalue weighted by Gasteiger charge is -2.34. The van der Waals surface area contributed by atoms with Gasteiger partial charge in [-0.2, -0.15) is 0 Å². The molecular weight excluding hydrogens is 383 g/mol. The number of carbonyl (C=O) groups is 2. The van der Waals surface area contributed by atoms with E-state index < -0.39 is 16.7 Å². The molecule has 2 aromatic rings. The van der Waals surface area contributed by atoms with E-state index in [0.717, 1.165) is 6.07 Å². The molecule has 2 heterocycles. The molecule has 26 heavy (non-hydrogen) atoms. The Kier molecular flexibility index (Phi) is 5.47. The number of piperazine rings is 1. The molecule has 0 unspecified atom stereocenters. The van der Waals surface area contributed by atoms with Gasteiger partial charge < -0.3 is 9.80 Å². The summed E-state index contributed by atoms with van der Waals surface area (Å²) in [4.78, 5) is 31.9. The second-order valence-electron chi connectivity index (χ2n) is 5.52. The van der Waals surface area contributed by atoms with Crippen LogP contribution in [0.15, 0.2) is 29.1 Å². The smallest absolute Gasteiger partial charge is 0.273 e. The maximum Gasteiger partial charge on any atom is 0.273 e. The zero-order valence-electron chi connectivity index (χ0n) is 13.4. The van der Waals surface area contributed by atoms with Crippen LogP contribution in [0.2, 0.25) is 0 Å². The highest BCUT2D eigenvalue weighted by atomic mass is 32.2. The number of rotatable bonds is 4. The van der Waals surface area contributed by atoms with Gasteiger partial charge in [0.15, 0.2) is 0 Å². The van der Waals surface area contributed by atoms with E-state index in [4.69, 9.17) is 0 Å². The zero-order valence-corrected chi connectivity index (χ0v) is 15.1. The first-order valence-electron chi connectivity index (χ1n) is 7.63. The van der Waals surface area contributed by atoms with Crippen molar-refractivity contribution in [1.82, 2.24) is 14.8 Å². The molecule has 138 valence electrons. The van der Waals surface area contributed by atoms with Crippen molar-refractivity contribution in [3.63, 3.8) is 0 Å². The Bertz CT molecular complexity index is 885. The lowest BCUT2D eigenvalue weighted by atomic mass is 10.1. The number of carbonyl (C=O) groups excluding carboxylic acids is 2. The van der Waals surface area contributed by atoms with Crippen LogP contribution in [0.4, 0.5) is 10.1 Å². The van der Waals surface area contributed by atoms with Crippen LogP contribution in [-0.2, 0) is 10.9 Å². The fourth-order valence-corrected chi connectivity index (χ4v) is 3.52. The monoisotopic (exact) mass is 398 g/mol. The summed E-state index contributed by atoms with van der Waals surface area (Å²) in [5.74, 6) is -1.37. The molecule has 0 atom stereocenters. The minimum atomic E-state index is -2.98. The SMILES string of the molecule is O=C(c1ccc(N[SH](=O)=O)c(F)c1)N1CCN(C(=O)c2cscn2)CC1. The second-order valence-corrected chi connectivity index (χ2v) is 6.98. The first-order valence-corrected chi connectivity index (χ1v) is 9.75. The van der Waals surface area contributed by atoms with Crippen LogP contribution in [0, 0.1) is 5.82 Å². The number of hydrogen-bond acceptors (Lipinski definition) is 6. The number of benzene rings is 1. The van der Waals surface area contributed by atoms with E-state index in [1.54, 1.807) is 15.8 Å². The second kappa shape index (κ2) is 7.79. The van der Waals surface area contributed by atoms with E-state index in [0.29, 0.717) is 31.9 Å². The van der Waals surface area contributed by atoms with E-state index >= 15 is 0 Å². The molecule has 2 amide bonds. The van der Waals surface area contributed by atoms with Gasteiger partial charge in [-0.05, 0) is 18.2 Å². The van der Waals surface area contributed by atoms with Crippen LogP contribution >= 0.6 is 11.3 Å². The van der Waals surface area contributed by atoms with Gasteiger partial charge in [0.05, 0.1) is 11.2 Å². The molecule has 11 heteroatoms. The maximum absolute atomic E-state index is 13.9. The third-order valence-electron chi connectivity index (χ3n) is 3.93. The Morgan fingerprint density at radius 2 is 1.77 bits per heavy atom. The van der Waals surface area contributed by atoms with Crippen LogP contribution in [0.1, 0.15) is 20.8 Å². The van der Waals surface area contributed by atoms with Gasteiger partial charge >= 0.3 is 0 Å². The average molecular weight is 398 g/mol. The molecule has 1 N–H and O–H groups in total. The van der Waals surface area contributed by atoms with Crippen LogP contribution in [0.25, 0.3) is 0 Å². The highest BCUT2D eigenvalue weighted by Gasteiger charge is 2.26. The number of aromatic nitrogens is 1. The van der Waals surface area contributed by atoms with E-state index in [1.807, 2.05) is 4.72 Å². The number of thiazole rings is 1. The summed E-state index contributed by atoms with van der Waals surface area (Å²) in [5, 5.41) is 1.67. The normalized spacial score (nSPS) is 14.5. The van der Waals surface area contributed by atoms with Crippen molar-refractivity contribution in [2.45, 2.75) is 0 Å². The predicted molar refractivity (Wildman–Crippen MR) is 94.3 cm³/mol. The number of halogens is 1. The fourth-order valence-electron chi connectivity index (χ4n) is 2.61. The van der Waals surface area contributed by atoms with Gasteiger partial charge in [0, 0.05) is 37.1 Å². The molecule has 8 nitrogen and oxygen atoms in total. The molecule has 1 fully saturated rings. The highest BCUT2D eigenvalue weighted by Crippen LogP contribution is 2.18. The average Bonchev–Trinajstić information content (AvgIpc) is 3.16. The van der Waals surface area contributed by atoms with Gasteiger partial charge in [-0.1, -0.05) is 0 Å². The molecular formula is C15H15FN4O4S2. The molecule has 1 aromatic heterocycles. The summed E-state index contributed by atoms with van der Waals surface area (Å²) in [7, 11) is -2.98. The third-order valence-corrected chi connectivity index (χ3v) is 4.94. The van der Waals surface area contributed by atoms with E-state index in [2.05, 4.69) is 4.98 Å². The van der Waals surface area contributed by atoms with Gasteiger partial charge in [-0.25, -0.2) is 17.8 Å². The van der Waals surface area contributed by atoms with Crippen LogP contribution in [0.5, 0.6) is 0 Å². The van der Waals surface area contributed by atoms with Crippen LogP contribution in [0.3, 0.4) is 0 Å². The maximum atomic E-state index is 13.9. The minimum Gasteiger partial charge on any atom is -0.335 e. The molecule has 0 radical (unpaired) electrons. The quantitative estimate of drug-likeness (QED) is 0.743. The van der Waals surface area contributed by atoms with E-state index in [9.17, 15) is 22.4 Å². The standard InChI is InChI=1S/C15H15FN4O4S2/c16-11-7-10(1-2-12(11)18-26(23)24)14(21)19-3-5-20(6-4-19)15(22)13-8-25-9-17-13/h1-2,7-9,26H,3-6H2,(H,18,23,24). The first kappa shape index (κ1) is 18.3. The number of hydrogen-bond donors (Lipinski definition) is 2. The van der Waals surface area contributed by atoms with Crippen molar-refractivity contribution in [1.29, 1.82) is 0 Å². The minimum absolute atomic E-state index is 0.119. The van der Waals surface area contributed by atoms with Gasteiger partial charge in [0.25, 0.3) is 11.8 Å². The zero-order chi connectivity index (χ0) is 18.7. The molecule has 0 bridgehead atoms. The Morgan fingerprint density at radius 1 is 1.12 bits per heavy atom. The number of amides is 2. The summed E-state index contributed by atoms with van der Waals surface area (Å²) in [6.07, 6.45) is 0.